The summed E-state index contributed by atoms with van der Waals surface area (Å²) in [5, 5.41) is 12.6. The first-order valence-corrected chi connectivity index (χ1v) is 11.1. The molecule has 0 amide bonds. The van der Waals surface area contributed by atoms with Gasteiger partial charge in [0.2, 0.25) is 11.3 Å². The van der Waals surface area contributed by atoms with Gasteiger partial charge in [-0.15, -0.1) is 5.10 Å². The van der Waals surface area contributed by atoms with Gasteiger partial charge >= 0.3 is 0 Å². The molecule has 0 spiro atoms. The molecule has 0 atom stereocenters. The van der Waals surface area contributed by atoms with Crippen LogP contribution in [-0.4, -0.2) is 25.8 Å². The predicted molar refractivity (Wildman–Crippen MR) is 130 cm³/mol. The number of Topliss-reactive ketones (excluding diaryl/α,β-unsaturated/α-hetero) is 1. The molecule has 8 nitrogen and oxygen atoms in total. The fourth-order valence-corrected chi connectivity index (χ4v) is 3.41. The van der Waals surface area contributed by atoms with E-state index >= 15 is 0 Å². The summed E-state index contributed by atoms with van der Waals surface area (Å²) >= 11 is 6.13. The van der Waals surface area contributed by atoms with Gasteiger partial charge in [-0.05, 0) is 56.3 Å². The average Bonchev–Trinajstić information content (AvgIpc) is 2.84. The number of nitrogens with two attached hydrogens (primary N) is 1. The topological polar surface area (TPSA) is 113 Å². The van der Waals surface area contributed by atoms with Gasteiger partial charge in [0.25, 0.3) is 0 Å². The number of benzene rings is 2. The van der Waals surface area contributed by atoms with Gasteiger partial charge in [0.15, 0.2) is 5.78 Å². The second-order valence-electron chi connectivity index (χ2n) is 8.03. The van der Waals surface area contributed by atoms with Crippen LogP contribution in [0.25, 0.3) is 11.3 Å². The number of anilines is 1. The Morgan fingerprint density at radius 2 is 1.86 bits per heavy atom. The Morgan fingerprint density at radius 3 is 2.51 bits per heavy atom. The van der Waals surface area contributed by atoms with Crippen molar-refractivity contribution >= 4 is 23.1 Å². The molecule has 4 aromatic rings. The van der Waals surface area contributed by atoms with Crippen LogP contribution >= 0.6 is 11.6 Å². The van der Waals surface area contributed by atoms with Crippen molar-refractivity contribution in [3.05, 3.63) is 93.1 Å². The van der Waals surface area contributed by atoms with Crippen molar-refractivity contribution in [2.45, 2.75) is 26.3 Å². The van der Waals surface area contributed by atoms with Crippen molar-refractivity contribution in [3.8, 4) is 22.9 Å². The third-order valence-corrected chi connectivity index (χ3v) is 5.53. The molecule has 0 aliphatic heterocycles. The van der Waals surface area contributed by atoms with Gasteiger partial charge in [-0.3, -0.25) is 14.3 Å². The van der Waals surface area contributed by atoms with Gasteiger partial charge in [-0.25, -0.2) is 4.39 Å². The lowest BCUT2D eigenvalue weighted by Crippen LogP contribution is -2.24. The molecule has 0 aliphatic carbocycles. The van der Waals surface area contributed by atoms with E-state index in [-0.39, 0.29) is 34.6 Å². The summed E-state index contributed by atoms with van der Waals surface area (Å²) in [6.45, 7) is 3.74. The number of nitrogen functional groups attached to an aromatic ring is 1. The lowest BCUT2D eigenvalue weighted by molar-refractivity contribution is 0.0989. The van der Waals surface area contributed by atoms with Gasteiger partial charge in [0, 0.05) is 23.9 Å². The maximum Gasteiger partial charge on any atom is 0.238 e. The fraction of sp³-hybridized carbons (Fsp3) is 0.160. The molecule has 2 heterocycles. The number of ether oxygens (including phenoxy) is 1. The molecule has 0 bridgehead atoms. The molecule has 0 aliphatic rings. The zero-order chi connectivity index (χ0) is 25.1. The lowest BCUT2D eigenvalue weighted by atomic mass is 10.0. The second kappa shape index (κ2) is 10.0. The summed E-state index contributed by atoms with van der Waals surface area (Å²) in [5.41, 5.74) is 6.39. The first kappa shape index (κ1) is 24.0. The minimum Gasteiger partial charge on any atom is -0.436 e. The molecule has 0 fully saturated rings. The van der Waals surface area contributed by atoms with E-state index in [1.54, 1.807) is 24.3 Å². The Balaban J connectivity index is 1.59. The Labute approximate surface area is 205 Å². The standard InChI is InChI=1S/C25H21ClFN5O3/c1-14(2)32-13-18(25(34)24(31-32)15-6-8-16(27)9-7-15)20(33)12-17-10-11-22(30-29-17)35-21-5-3-4-19(28)23(21)26/h3-11,13-14H,12,28H2,1-2H3. The number of hydrogen-bond acceptors (Lipinski definition) is 7. The number of nitrogens with zero attached hydrogens (tertiary/aromatic N) is 4. The summed E-state index contributed by atoms with van der Waals surface area (Å²) in [6.07, 6.45) is 1.27. The first-order valence-electron chi connectivity index (χ1n) is 10.7. The van der Waals surface area contributed by atoms with Crippen LogP contribution in [0, 0.1) is 5.82 Å². The van der Waals surface area contributed by atoms with Crippen LogP contribution in [0.1, 0.15) is 35.9 Å². The van der Waals surface area contributed by atoms with E-state index in [1.807, 2.05) is 13.8 Å². The molecule has 2 aromatic heterocycles. The zero-order valence-electron chi connectivity index (χ0n) is 18.9. The van der Waals surface area contributed by atoms with Crippen LogP contribution in [0.3, 0.4) is 0 Å². The molecular weight excluding hydrogens is 473 g/mol. The highest BCUT2D eigenvalue weighted by molar-refractivity contribution is 6.34. The van der Waals surface area contributed by atoms with E-state index in [1.165, 1.54) is 41.2 Å². The molecule has 2 aromatic carbocycles. The molecule has 10 heteroatoms. The van der Waals surface area contributed by atoms with Crippen molar-refractivity contribution < 1.29 is 13.9 Å². The van der Waals surface area contributed by atoms with Gasteiger partial charge in [0.1, 0.15) is 22.3 Å². The van der Waals surface area contributed by atoms with Crippen molar-refractivity contribution in [3.63, 3.8) is 0 Å². The average molecular weight is 494 g/mol. The van der Waals surface area contributed by atoms with Crippen LogP contribution in [-0.2, 0) is 6.42 Å². The van der Waals surface area contributed by atoms with Crippen molar-refractivity contribution in [1.82, 2.24) is 20.0 Å². The SMILES string of the molecule is CC(C)n1cc(C(=O)Cc2ccc(Oc3cccc(N)c3Cl)nn2)c(=O)c(-c2ccc(F)cc2)n1. The third-order valence-electron chi connectivity index (χ3n) is 5.13. The number of carbonyl (C=O) groups excluding carboxylic acids is 1. The first-order chi connectivity index (χ1) is 16.7. The number of ketones is 1. The largest absolute Gasteiger partial charge is 0.436 e. The Hall–Kier alpha value is -4.11. The molecule has 35 heavy (non-hydrogen) atoms. The molecule has 0 unspecified atom stereocenters. The number of halogens is 2. The van der Waals surface area contributed by atoms with E-state index < -0.39 is 17.0 Å². The van der Waals surface area contributed by atoms with E-state index in [9.17, 15) is 14.0 Å². The Kier molecular flexibility index (Phi) is 6.88. The molecule has 0 radical (unpaired) electrons. The fourth-order valence-electron chi connectivity index (χ4n) is 3.24. The summed E-state index contributed by atoms with van der Waals surface area (Å²) in [7, 11) is 0. The van der Waals surface area contributed by atoms with Crippen LogP contribution < -0.4 is 15.9 Å². The van der Waals surface area contributed by atoms with Crippen LogP contribution in [0.15, 0.2) is 65.6 Å². The number of carbonyl (C=O) groups is 1. The van der Waals surface area contributed by atoms with E-state index in [0.29, 0.717) is 22.7 Å². The molecule has 0 saturated carbocycles. The smallest absolute Gasteiger partial charge is 0.238 e. The highest BCUT2D eigenvalue weighted by Gasteiger charge is 2.19. The lowest BCUT2D eigenvalue weighted by Gasteiger charge is -2.13. The van der Waals surface area contributed by atoms with Crippen LogP contribution in [0.2, 0.25) is 5.02 Å². The third kappa shape index (κ3) is 5.36. The van der Waals surface area contributed by atoms with Crippen molar-refractivity contribution in [2.75, 3.05) is 5.73 Å². The Bertz CT molecular complexity index is 1440. The maximum absolute atomic E-state index is 13.4. The quantitative estimate of drug-likeness (QED) is 0.288. The molecule has 178 valence electrons. The molecule has 0 saturated heterocycles. The van der Waals surface area contributed by atoms with Gasteiger partial charge in [-0.1, -0.05) is 17.7 Å². The van der Waals surface area contributed by atoms with Gasteiger partial charge in [-0.2, -0.15) is 10.2 Å². The van der Waals surface area contributed by atoms with Crippen molar-refractivity contribution in [1.29, 1.82) is 0 Å². The number of rotatable bonds is 7. The molecular formula is C25H21ClFN5O3. The summed E-state index contributed by atoms with van der Waals surface area (Å²) in [4.78, 5) is 26.2. The van der Waals surface area contributed by atoms with E-state index in [4.69, 9.17) is 22.1 Å². The van der Waals surface area contributed by atoms with Crippen LogP contribution in [0.4, 0.5) is 10.1 Å². The molecule has 2 N–H and O–H groups in total. The van der Waals surface area contributed by atoms with Crippen molar-refractivity contribution in [2.24, 2.45) is 0 Å². The monoisotopic (exact) mass is 493 g/mol. The number of aromatic nitrogens is 4. The summed E-state index contributed by atoms with van der Waals surface area (Å²) in [6, 6.07) is 13.3. The van der Waals surface area contributed by atoms with E-state index in [2.05, 4.69) is 15.3 Å². The minimum atomic E-state index is -0.539. The second-order valence-corrected chi connectivity index (χ2v) is 8.40. The van der Waals surface area contributed by atoms with E-state index in [0.717, 1.165) is 0 Å². The highest BCUT2D eigenvalue weighted by atomic mass is 35.5. The normalized spacial score (nSPS) is 11.0. The minimum absolute atomic E-state index is 0.0401. The number of hydrogen-bond donors (Lipinski definition) is 1. The summed E-state index contributed by atoms with van der Waals surface area (Å²) < 4.78 is 20.5. The Morgan fingerprint density at radius 1 is 1.11 bits per heavy atom. The van der Waals surface area contributed by atoms with Gasteiger partial charge < -0.3 is 10.5 Å². The highest BCUT2D eigenvalue weighted by Crippen LogP contribution is 2.32. The maximum atomic E-state index is 13.4. The van der Waals surface area contributed by atoms with Crippen LogP contribution in [0.5, 0.6) is 11.6 Å². The summed E-state index contributed by atoms with van der Waals surface area (Å²) in [5.74, 6) is -0.395. The predicted octanol–water partition coefficient (Wildman–Crippen LogP) is 4.87. The molecule has 4 rings (SSSR count). The zero-order valence-corrected chi connectivity index (χ0v) is 19.7. The van der Waals surface area contributed by atoms with Gasteiger partial charge in [0.05, 0.1) is 23.4 Å².